The SMILES string of the molecule is O=C(COc1ccc(Br)cc1)Oc1ccccc1. The van der Waals surface area contributed by atoms with Crippen molar-refractivity contribution in [1.29, 1.82) is 0 Å². The van der Waals surface area contributed by atoms with Gasteiger partial charge in [-0.25, -0.2) is 4.79 Å². The maximum Gasteiger partial charge on any atom is 0.349 e. The maximum absolute atomic E-state index is 11.5. The van der Waals surface area contributed by atoms with Crippen LogP contribution in [0.2, 0.25) is 0 Å². The van der Waals surface area contributed by atoms with E-state index in [9.17, 15) is 4.79 Å². The van der Waals surface area contributed by atoms with Gasteiger partial charge in [0.15, 0.2) is 6.61 Å². The molecule has 0 aliphatic heterocycles. The lowest BCUT2D eigenvalue weighted by Crippen LogP contribution is -2.17. The zero-order valence-electron chi connectivity index (χ0n) is 9.51. The summed E-state index contributed by atoms with van der Waals surface area (Å²) >= 11 is 3.32. The summed E-state index contributed by atoms with van der Waals surface area (Å²) in [5, 5.41) is 0. The summed E-state index contributed by atoms with van der Waals surface area (Å²) in [6.45, 7) is -0.115. The van der Waals surface area contributed by atoms with Gasteiger partial charge in [-0.15, -0.1) is 0 Å². The average molecular weight is 307 g/mol. The third-order valence-electron chi connectivity index (χ3n) is 2.15. The van der Waals surface area contributed by atoms with Crippen molar-refractivity contribution in [2.75, 3.05) is 6.61 Å². The van der Waals surface area contributed by atoms with Gasteiger partial charge in [-0.05, 0) is 36.4 Å². The predicted molar refractivity (Wildman–Crippen MR) is 71.7 cm³/mol. The molecule has 0 spiro atoms. The van der Waals surface area contributed by atoms with E-state index in [4.69, 9.17) is 9.47 Å². The van der Waals surface area contributed by atoms with Gasteiger partial charge in [0, 0.05) is 4.47 Å². The first kappa shape index (κ1) is 12.6. The van der Waals surface area contributed by atoms with Crippen LogP contribution in [-0.4, -0.2) is 12.6 Å². The molecule has 4 heteroatoms. The van der Waals surface area contributed by atoms with Gasteiger partial charge in [-0.2, -0.15) is 0 Å². The molecule has 2 rings (SSSR count). The van der Waals surface area contributed by atoms with Crippen LogP contribution in [-0.2, 0) is 4.79 Å². The fourth-order valence-corrected chi connectivity index (χ4v) is 1.59. The van der Waals surface area contributed by atoms with Gasteiger partial charge in [-0.3, -0.25) is 0 Å². The highest BCUT2D eigenvalue weighted by Crippen LogP contribution is 2.16. The van der Waals surface area contributed by atoms with Crippen LogP contribution < -0.4 is 9.47 Å². The van der Waals surface area contributed by atoms with Crippen molar-refractivity contribution in [3.05, 3.63) is 59.1 Å². The highest BCUT2D eigenvalue weighted by atomic mass is 79.9. The van der Waals surface area contributed by atoms with E-state index in [1.54, 1.807) is 36.4 Å². The fourth-order valence-electron chi connectivity index (χ4n) is 1.32. The standard InChI is InChI=1S/C14H11BrO3/c15-11-6-8-12(9-7-11)17-10-14(16)18-13-4-2-1-3-5-13/h1-9H,10H2. The average Bonchev–Trinajstić information content (AvgIpc) is 2.39. The van der Waals surface area contributed by atoms with Crippen LogP contribution in [0.1, 0.15) is 0 Å². The van der Waals surface area contributed by atoms with Crippen molar-refractivity contribution in [2.24, 2.45) is 0 Å². The molecule has 92 valence electrons. The molecule has 0 aliphatic carbocycles. The second-order valence-electron chi connectivity index (χ2n) is 3.53. The third-order valence-corrected chi connectivity index (χ3v) is 2.67. The molecule has 0 radical (unpaired) electrons. The molecular formula is C14H11BrO3. The summed E-state index contributed by atoms with van der Waals surface area (Å²) in [6, 6.07) is 16.1. The molecule has 0 atom stereocenters. The molecule has 0 aliphatic rings. The molecule has 0 aromatic heterocycles. The van der Waals surface area contributed by atoms with Crippen molar-refractivity contribution < 1.29 is 14.3 Å². The summed E-state index contributed by atoms with van der Waals surface area (Å²) in [6.07, 6.45) is 0. The number of carbonyl (C=O) groups is 1. The van der Waals surface area contributed by atoms with E-state index in [1.165, 1.54) is 0 Å². The molecule has 0 saturated carbocycles. The topological polar surface area (TPSA) is 35.5 Å². The van der Waals surface area contributed by atoms with Crippen LogP contribution in [0.5, 0.6) is 11.5 Å². The Kier molecular flexibility index (Phi) is 4.36. The summed E-state index contributed by atoms with van der Waals surface area (Å²) in [5.41, 5.74) is 0. The maximum atomic E-state index is 11.5. The number of rotatable bonds is 4. The molecule has 2 aromatic rings. The number of halogens is 1. The normalized spacial score (nSPS) is 9.83. The first-order chi connectivity index (χ1) is 8.74. The molecule has 0 N–H and O–H groups in total. The molecule has 0 amide bonds. The van der Waals surface area contributed by atoms with Crippen molar-refractivity contribution in [1.82, 2.24) is 0 Å². The summed E-state index contributed by atoms with van der Waals surface area (Å²) < 4.78 is 11.3. The summed E-state index contributed by atoms with van der Waals surface area (Å²) in [7, 11) is 0. The van der Waals surface area contributed by atoms with Crippen LogP contribution >= 0.6 is 15.9 Å². The number of carbonyl (C=O) groups excluding carboxylic acids is 1. The van der Waals surface area contributed by atoms with Crippen LogP contribution in [0.3, 0.4) is 0 Å². The minimum absolute atomic E-state index is 0.115. The molecule has 0 saturated heterocycles. The second kappa shape index (κ2) is 6.21. The highest BCUT2D eigenvalue weighted by molar-refractivity contribution is 9.10. The molecule has 3 nitrogen and oxygen atoms in total. The van der Waals surface area contributed by atoms with Gasteiger partial charge in [0.25, 0.3) is 0 Å². The van der Waals surface area contributed by atoms with Crippen molar-refractivity contribution >= 4 is 21.9 Å². The van der Waals surface area contributed by atoms with E-state index in [1.807, 2.05) is 18.2 Å². The Balaban J connectivity index is 1.83. The lowest BCUT2D eigenvalue weighted by molar-refractivity contribution is -0.136. The molecule has 0 fully saturated rings. The van der Waals surface area contributed by atoms with Crippen LogP contribution in [0.4, 0.5) is 0 Å². The Morgan fingerprint density at radius 1 is 0.944 bits per heavy atom. The predicted octanol–water partition coefficient (Wildman–Crippen LogP) is 3.43. The first-order valence-corrected chi connectivity index (χ1v) is 6.17. The van der Waals surface area contributed by atoms with Crippen LogP contribution in [0, 0.1) is 0 Å². The van der Waals surface area contributed by atoms with E-state index >= 15 is 0 Å². The minimum atomic E-state index is -0.427. The van der Waals surface area contributed by atoms with Crippen molar-refractivity contribution in [2.45, 2.75) is 0 Å². The Bertz CT molecular complexity index is 508. The van der Waals surface area contributed by atoms with Crippen molar-refractivity contribution in [3.63, 3.8) is 0 Å². The third kappa shape index (κ3) is 3.89. The fraction of sp³-hybridized carbons (Fsp3) is 0.0714. The molecule has 0 unspecified atom stereocenters. The molecule has 0 bridgehead atoms. The number of para-hydroxylation sites is 1. The Hall–Kier alpha value is -1.81. The van der Waals surface area contributed by atoms with Gasteiger partial charge < -0.3 is 9.47 Å². The zero-order valence-corrected chi connectivity index (χ0v) is 11.1. The lowest BCUT2D eigenvalue weighted by Gasteiger charge is -2.06. The summed E-state index contributed by atoms with van der Waals surface area (Å²) in [5.74, 6) is 0.717. The Morgan fingerprint density at radius 2 is 1.61 bits per heavy atom. The van der Waals surface area contributed by atoms with Crippen molar-refractivity contribution in [3.8, 4) is 11.5 Å². The van der Waals surface area contributed by atoms with Gasteiger partial charge in [0.2, 0.25) is 0 Å². The lowest BCUT2D eigenvalue weighted by atomic mass is 10.3. The quantitative estimate of drug-likeness (QED) is 0.641. The van der Waals surface area contributed by atoms with Gasteiger partial charge in [0.05, 0.1) is 0 Å². The first-order valence-electron chi connectivity index (χ1n) is 5.38. The van der Waals surface area contributed by atoms with Gasteiger partial charge in [0.1, 0.15) is 11.5 Å². The van der Waals surface area contributed by atoms with E-state index < -0.39 is 5.97 Å². The van der Waals surface area contributed by atoms with E-state index in [2.05, 4.69) is 15.9 Å². The molecule has 0 heterocycles. The summed E-state index contributed by atoms with van der Waals surface area (Å²) in [4.78, 5) is 11.5. The van der Waals surface area contributed by atoms with Crippen LogP contribution in [0.25, 0.3) is 0 Å². The molecule has 18 heavy (non-hydrogen) atoms. The smallest absolute Gasteiger partial charge is 0.349 e. The monoisotopic (exact) mass is 306 g/mol. The Labute approximate surface area is 113 Å². The number of ether oxygens (including phenoxy) is 2. The zero-order chi connectivity index (χ0) is 12.8. The highest BCUT2D eigenvalue weighted by Gasteiger charge is 2.05. The van der Waals surface area contributed by atoms with E-state index in [0.29, 0.717) is 11.5 Å². The second-order valence-corrected chi connectivity index (χ2v) is 4.45. The Morgan fingerprint density at radius 3 is 2.28 bits per heavy atom. The van der Waals surface area contributed by atoms with E-state index in [-0.39, 0.29) is 6.61 Å². The number of hydrogen-bond donors (Lipinski definition) is 0. The number of hydrogen-bond acceptors (Lipinski definition) is 3. The number of benzene rings is 2. The van der Waals surface area contributed by atoms with E-state index in [0.717, 1.165) is 4.47 Å². The van der Waals surface area contributed by atoms with Gasteiger partial charge in [-0.1, -0.05) is 34.1 Å². The molecular weight excluding hydrogens is 296 g/mol. The largest absolute Gasteiger partial charge is 0.482 e. The molecule has 2 aromatic carbocycles. The minimum Gasteiger partial charge on any atom is -0.482 e. The van der Waals surface area contributed by atoms with Gasteiger partial charge >= 0.3 is 5.97 Å². The van der Waals surface area contributed by atoms with Crippen LogP contribution in [0.15, 0.2) is 59.1 Å². The number of esters is 1.